The molecule has 2 N–H and O–H groups in total. The minimum atomic E-state index is -0.971. The van der Waals surface area contributed by atoms with Gasteiger partial charge in [0.25, 0.3) is 5.91 Å². The fourth-order valence-electron chi connectivity index (χ4n) is 3.82. The highest BCUT2D eigenvalue weighted by molar-refractivity contribution is 6.00. The van der Waals surface area contributed by atoms with Crippen LogP contribution >= 0.6 is 0 Å². The third kappa shape index (κ3) is 4.70. The average molecular weight is 466 g/mol. The molecule has 1 heterocycles. The van der Waals surface area contributed by atoms with Crippen LogP contribution in [0.3, 0.4) is 0 Å². The number of anilines is 1. The average Bonchev–Trinajstić information content (AvgIpc) is 3.32. The number of rotatable bonds is 6. The maximum atomic E-state index is 12.7. The van der Waals surface area contributed by atoms with Crippen molar-refractivity contribution in [1.29, 1.82) is 0 Å². The van der Waals surface area contributed by atoms with Gasteiger partial charge in [-0.15, -0.1) is 0 Å². The third-order valence-corrected chi connectivity index (χ3v) is 5.75. The van der Waals surface area contributed by atoms with Crippen molar-refractivity contribution in [2.24, 2.45) is 0 Å². The second-order valence-electron chi connectivity index (χ2n) is 8.14. The first-order valence-corrected chi connectivity index (χ1v) is 11.1. The van der Waals surface area contributed by atoms with E-state index in [1.54, 1.807) is 32.2 Å². The van der Waals surface area contributed by atoms with Gasteiger partial charge < -0.3 is 19.8 Å². The van der Waals surface area contributed by atoms with E-state index in [0.717, 1.165) is 27.6 Å². The molecule has 5 rings (SSSR count). The van der Waals surface area contributed by atoms with Crippen molar-refractivity contribution < 1.29 is 19.1 Å². The summed E-state index contributed by atoms with van der Waals surface area (Å²) in [5, 5.41) is 4.90. The number of fused-ring (bicyclic) bond motifs is 2. The van der Waals surface area contributed by atoms with E-state index in [0.29, 0.717) is 22.6 Å². The van der Waals surface area contributed by atoms with Gasteiger partial charge in [0.05, 0.1) is 23.7 Å². The Morgan fingerprint density at radius 3 is 2.46 bits per heavy atom. The molecule has 1 aromatic heterocycles. The van der Waals surface area contributed by atoms with Crippen molar-refractivity contribution in [2.75, 3.05) is 12.4 Å². The minimum Gasteiger partial charge on any atom is -0.497 e. The second kappa shape index (κ2) is 9.30. The number of hydrogen-bond acceptors (Lipinski definition) is 5. The van der Waals surface area contributed by atoms with Crippen LogP contribution in [0, 0.1) is 0 Å². The molecule has 0 saturated carbocycles. The van der Waals surface area contributed by atoms with Crippen LogP contribution < -0.4 is 10.1 Å². The third-order valence-electron chi connectivity index (χ3n) is 5.75. The van der Waals surface area contributed by atoms with Crippen molar-refractivity contribution in [3.63, 3.8) is 0 Å². The molecule has 7 nitrogen and oxygen atoms in total. The molecule has 0 aliphatic rings. The van der Waals surface area contributed by atoms with E-state index < -0.39 is 18.0 Å². The van der Waals surface area contributed by atoms with Crippen LogP contribution in [0.2, 0.25) is 0 Å². The fourth-order valence-corrected chi connectivity index (χ4v) is 3.82. The maximum absolute atomic E-state index is 12.7. The number of aromatic amines is 1. The number of aromatic nitrogens is 2. The van der Waals surface area contributed by atoms with E-state index in [2.05, 4.69) is 15.3 Å². The Morgan fingerprint density at radius 2 is 1.69 bits per heavy atom. The molecule has 1 unspecified atom stereocenters. The molecule has 5 aromatic rings. The fraction of sp³-hybridized carbons (Fsp3) is 0.107. The summed E-state index contributed by atoms with van der Waals surface area (Å²) < 4.78 is 10.6. The Morgan fingerprint density at radius 1 is 0.914 bits per heavy atom. The first-order chi connectivity index (χ1) is 17.0. The lowest BCUT2D eigenvalue weighted by Gasteiger charge is -2.14. The maximum Gasteiger partial charge on any atom is 0.338 e. The highest BCUT2D eigenvalue weighted by atomic mass is 16.5. The summed E-state index contributed by atoms with van der Waals surface area (Å²) in [5.41, 5.74) is 3.27. The normalized spacial score (nSPS) is 11.8. The summed E-state index contributed by atoms with van der Waals surface area (Å²) in [4.78, 5) is 33.2. The number of H-pyrrole nitrogens is 1. The number of carbonyl (C=O) groups is 2. The number of imidazole rings is 1. The van der Waals surface area contributed by atoms with Gasteiger partial charge in [0.1, 0.15) is 11.6 Å². The number of benzene rings is 4. The van der Waals surface area contributed by atoms with Gasteiger partial charge >= 0.3 is 5.97 Å². The standard InChI is InChI=1S/C28H23N3O4/c1-17(27(32)29-22-11-7-18-5-3-4-6-20(18)15-22)35-28(33)21-10-14-24-25(16-21)31-26(30-24)19-8-12-23(34-2)13-9-19/h3-17H,1-2H3,(H,29,32)(H,30,31). The lowest BCUT2D eigenvalue weighted by molar-refractivity contribution is -0.123. The molecule has 0 aliphatic heterocycles. The summed E-state index contributed by atoms with van der Waals surface area (Å²) in [5.74, 6) is 0.441. The number of carbonyl (C=O) groups excluding carboxylic acids is 2. The van der Waals surface area contributed by atoms with Crippen LogP contribution in [-0.2, 0) is 9.53 Å². The molecule has 35 heavy (non-hydrogen) atoms. The largest absolute Gasteiger partial charge is 0.497 e. The van der Waals surface area contributed by atoms with E-state index in [9.17, 15) is 9.59 Å². The second-order valence-corrected chi connectivity index (χ2v) is 8.14. The van der Waals surface area contributed by atoms with Crippen LogP contribution in [-0.4, -0.2) is 35.1 Å². The van der Waals surface area contributed by atoms with Crippen molar-refractivity contribution in [3.8, 4) is 17.1 Å². The van der Waals surface area contributed by atoms with Crippen LogP contribution in [0.1, 0.15) is 17.3 Å². The Labute approximate surface area is 201 Å². The van der Waals surface area contributed by atoms with Crippen LogP contribution in [0.25, 0.3) is 33.2 Å². The zero-order valence-electron chi connectivity index (χ0n) is 19.2. The van der Waals surface area contributed by atoms with Crippen molar-refractivity contribution in [3.05, 3.63) is 90.5 Å². The number of esters is 1. The molecule has 0 spiro atoms. The number of hydrogen-bond donors (Lipinski definition) is 2. The highest BCUT2D eigenvalue weighted by Crippen LogP contribution is 2.24. The van der Waals surface area contributed by atoms with Gasteiger partial charge in [0.15, 0.2) is 6.10 Å². The molecule has 1 amide bonds. The summed E-state index contributed by atoms with van der Waals surface area (Å²) >= 11 is 0. The molecular weight excluding hydrogens is 442 g/mol. The van der Waals surface area contributed by atoms with Crippen molar-refractivity contribution >= 4 is 39.4 Å². The number of nitrogens with one attached hydrogen (secondary N) is 2. The van der Waals surface area contributed by atoms with Crippen molar-refractivity contribution in [1.82, 2.24) is 9.97 Å². The molecule has 0 saturated heterocycles. The summed E-state index contributed by atoms with van der Waals surface area (Å²) in [6.45, 7) is 1.55. The van der Waals surface area contributed by atoms with Crippen LogP contribution in [0.15, 0.2) is 84.9 Å². The number of methoxy groups -OCH3 is 1. The molecule has 1 atom stereocenters. The Balaban J connectivity index is 1.27. The molecule has 0 bridgehead atoms. The van der Waals surface area contributed by atoms with Gasteiger partial charge in [-0.25, -0.2) is 9.78 Å². The van der Waals surface area contributed by atoms with Crippen LogP contribution in [0.4, 0.5) is 5.69 Å². The molecule has 0 radical (unpaired) electrons. The zero-order chi connectivity index (χ0) is 24.4. The van der Waals surface area contributed by atoms with Gasteiger partial charge in [0, 0.05) is 11.3 Å². The van der Waals surface area contributed by atoms with E-state index >= 15 is 0 Å². The van der Waals surface area contributed by atoms with Gasteiger partial charge in [0.2, 0.25) is 0 Å². The van der Waals surface area contributed by atoms with Gasteiger partial charge in [-0.05, 0) is 72.3 Å². The van der Waals surface area contributed by atoms with E-state index in [4.69, 9.17) is 9.47 Å². The SMILES string of the molecule is COc1ccc(-c2nc3ccc(C(=O)OC(C)C(=O)Nc4ccc5ccccc5c4)cc3[nH]2)cc1. The quantitative estimate of drug-likeness (QED) is 0.320. The van der Waals surface area contributed by atoms with E-state index in [-0.39, 0.29) is 0 Å². The molecule has 0 aliphatic carbocycles. The number of amides is 1. The lowest BCUT2D eigenvalue weighted by atomic mass is 10.1. The summed E-state index contributed by atoms with van der Waals surface area (Å²) in [6.07, 6.45) is -0.971. The monoisotopic (exact) mass is 465 g/mol. The Kier molecular flexibility index (Phi) is 5.89. The predicted molar refractivity (Wildman–Crippen MR) is 136 cm³/mol. The summed E-state index contributed by atoms with van der Waals surface area (Å²) in [7, 11) is 1.62. The first kappa shape index (κ1) is 22.2. The molecule has 174 valence electrons. The number of nitrogens with zero attached hydrogens (tertiary/aromatic N) is 1. The smallest absolute Gasteiger partial charge is 0.338 e. The molecule has 7 heteroatoms. The Bertz CT molecular complexity index is 1540. The highest BCUT2D eigenvalue weighted by Gasteiger charge is 2.20. The first-order valence-electron chi connectivity index (χ1n) is 11.1. The molecular formula is C28H23N3O4. The zero-order valence-corrected chi connectivity index (χ0v) is 19.2. The van der Waals surface area contributed by atoms with E-state index in [1.807, 2.05) is 66.7 Å². The predicted octanol–water partition coefficient (Wildman–Crippen LogP) is 5.58. The van der Waals surface area contributed by atoms with Gasteiger partial charge in [-0.2, -0.15) is 0 Å². The van der Waals surface area contributed by atoms with Gasteiger partial charge in [-0.1, -0.05) is 30.3 Å². The van der Waals surface area contributed by atoms with E-state index in [1.165, 1.54) is 0 Å². The van der Waals surface area contributed by atoms with Crippen molar-refractivity contribution in [2.45, 2.75) is 13.0 Å². The molecule has 0 fully saturated rings. The molecule has 4 aromatic carbocycles. The Hall–Kier alpha value is -4.65. The summed E-state index contributed by atoms with van der Waals surface area (Å²) in [6, 6.07) is 26.1. The number of ether oxygens (including phenoxy) is 2. The lowest BCUT2D eigenvalue weighted by Crippen LogP contribution is -2.30. The van der Waals surface area contributed by atoms with Gasteiger partial charge in [-0.3, -0.25) is 4.79 Å². The minimum absolute atomic E-state index is 0.327. The van der Waals surface area contributed by atoms with Crippen LogP contribution in [0.5, 0.6) is 5.75 Å². The topological polar surface area (TPSA) is 93.3 Å².